The van der Waals surface area contributed by atoms with E-state index in [1.807, 2.05) is 0 Å². The van der Waals surface area contributed by atoms with Crippen molar-refractivity contribution >= 4 is 0 Å². The second-order valence-corrected chi connectivity index (χ2v) is 7.43. The number of piperidine rings is 1. The van der Waals surface area contributed by atoms with E-state index < -0.39 is 0 Å². The van der Waals surface area contributed by atoms with Gasteiger partial charge in [0.05, 0.1) is 13.2 Å². The van der Waals surface area contributed by atoms with Crippen LogP contribution in [-0.2, 0) is 4.74 Å². The number of ether oxygens (including phenoxy) is 1. The average molecular weight is 250 g/mol. The molecule has 5 aliphatic rings. The average Bonchev–Trinajstić information content (AvgIpc) is 2.35. The summed E-state index contributed by atoms with van der Waals surface area (Å²) in [7, 11) is 0. The summed E-state index contributed by atoms with van der Waals surface area (Å²) in [6, 6.07) is 0.841. The van der Waals surface area contributed by atoms with E-state index in [1.54, 1.807) is 0 Å². The summed E-state index contributed by atoms with van der Waals surface area (Å²) >= 11 is 0. The van der Waals surface area contributed by atoms with Crippen LogP contribution >= 0.6 is 0 Å². The summed E-state index contributed by atoms with van der Waals surface area (Å²) < 4.78 is 5.46. The van der Waals surface area contributed by atoms with Gasteiger partial charge in [-0.15, -0.1) is 0 Å². The molecule has 0 amide bonds. The zero-order valence-electron chi connectivity index (χ0n) is 11.7. The lowest BCUT2D eigenvalue weighted by atomic mass is 9.39. The SMILES string of the molecule is CC12CC(N3CCC(N4CCOCC4)CC3)(C1)C2. The van der Waals surface area contributed by atoms with E-state index in [2.05, 4.69) is 16.7 Å². The van der Waals surface area contributed by atoms with Crippen molar-refractivity contribution in [2.45, 2.75) is 50.6 Å². The lowest BCUT2D eigenvalue weighted by Crippen LogP contribution is -2.74. The van der Waals surface area contributed by atoms with E-state index in [4.69, 9.17) is 4.74 Å². The van der Waals surface area contributed by atoms with Crippen molar-refractivity contribution in [2.75, 3.05) is 39.4 Å². The molecule has 3 heteroatoms. The maximum absolute atomic E-state index is 5.46. The van der Waals surface area contributed by atoms with Gasteiger partial charge in [-0.1, -0.05) is 6.92 Å². The first kappa shape index (κ1) is 11.7. The van der Waals surface area contributed by atoms with E-state index in [-0.39, 0.29) is 0 Å². The van der Waals surface area contributed by atoms with Crippen molar-refractivity contribution in [3.8, 4) is 0 Å². The Morgan fingerprint density at radius 1 is 0.944 bits per heavy atom. The Labute approximate surface area is 110 Å². The van der Waals surface area contributed by atoms with Gasteiger partial charge in [0.15, 0.2) is 0 Å². The lowest BCUT2D eigenvalue weighted by molar-refractivity contribution is -0.216. The molecule has 0 aromatic heterocycles. The minimum absolute atomic E-state index is 0.671. The van der Waals surface area contributed by atoms with Gasteiger partial charge in [0.2, 0.25) is 0 Å². The van der Waals surface area contributed by atoms with Crippen molar-refractivity contribution in [3.63, 3.8) is 0 Å². The fourth-order valence-electron chi connectivity index (χ4n) is 5.21. The van der Waals surface area contributed by atoms with Crippen LogP contribution in [0.4, 0.5) is 0 Å². The molecule has 3 saturated carbocycles. The monoisotopic (exact) mass is 250 g/mol. The highest BCUT2D eigenvalue weighted by Gasteiger charge is 2.67. The largest absolute Gasteiger partial charge is 0.379 e. The third-order valence-corrected chi connectivity index (χ3v) is 5.96. The van der Waals surface area contributed by atoms with Gasteiger partial charge < -0.3 is 4.74 Å². The zero-order valence-corrected chi connectivity index (χ0v) is 11.7. The first-order valence-corrected chi connectivity index (χ1v) is 7.76. The minimum Gasteiger partial charge on any atom is -0.379 e. The van der Waals surface area contributed by atoms with Crippen molar-refractivity contribution in [1.82, 2.24) is 9.80 Å². The Morgan fingerprint density at radius 2 is 1.56 bits per heavy atom. The Kier molecular flexibility index (Phi) is 2.56. The first-order valence-electron chi connectivity index (χ1n) is 7.76. The topological polar surface area (TPSA) is 15.7 Å². The summed E-state index contributed by atoms with van der Waals surface area (Å²) in [5.41, 5.74) is 1.42. The summed E-state index contributed by atoms with van der Waals surface area (Å²) in [4.78, 5) is 5.50. The molecule has 5 fully saturated rings. The van der Waals surface area contributed by atoms with Crippen LogP contribution in [0.5, 0.6) is 0 Å². The molecule has 0 atom stereocenters. The molecule has 0 unspecified atom stereocenters. The van der Waals surface area contributed by atoms with Gasteiger partial charge in [-0.25, -0.2) is 0 Å². The van der Waals surface area contributed by atoms with Gasteiger partial charge in [-0.05, 0) is 37.5 Å². The van der Waals surface area contributed by atoms with Crippen LogP contribution in [0.2, 0.25) is 0 Å². The van der Waals surface area contributed by atoms with E-state index in [9.17, 15) is 0 Å². The molecule has 102 valence electrons. The standard InChI is InChI=1S/C15H26N2O/c1-14-10-15(11-14,12-14)17-4-2-13(3-5-17)16-6-8-18-9-7-16/h13H,2-12H2,1H3. The molecule has 2 saturated heterocycles. The van der Waals surface area contributed by atoms with Crippen LogP contribution in [0.3, 0.4) is 0 Å². The molecular weight excluding hydrogens is 224 g/mol. The van der Waals surface area contributed by atoms with Crippen molar-refractivity contribution in [1.29, 1.82) is 0 Å². The normalized spacial score (nSPS) is 46.5. The molecule has 2 aliphatic heterocycles. The van der Waals surface area contributed by atoms with Crippen LogP contribution in [0, 0.1) is 5.41 Å². The molecule has 0 N–H and O–H groups in total. The highest BCUT2D eigenvalue weighted by molar-refractivity contribution is 5.22. The fourth-order valence-corrected chi connectivity index (χ4v) is 5.21. The maximum atomic E-state index is 5.46. The quantitative estimate of drug-likeness (QED) is 0.742. The molecule has 0 spiro atoms. The van der Waals surface area contributed by atoms with Crippen molar-refractivity contribution in [2.24, 2.45) is 5.41 Å². The third kappa shape index (κ3) is 1.67. The molecule has 18 heavy (non-hydrogen) atoms. The molecular formula is C15H26N2O. The highest BCUT2D eigenvalue weighted by Crippen LogP contribution is 2.69. The van der Waals surface area contributed by atoms with Gasteiger partial charge in [0, 0.05) is 37.8 Å². The first-order chi connectivity index (χ1) is 8.69. The van der Waals surface area contributed by atoms with Gasteiger partial charge >= 0.3 is 0 Å². The Morgan fingerprint density at radius 3 is 2.11 bits per heavy atom. The number of morpholine rings is 1. The summed E-state index contributed by atoms with van der Waals surface area (Å²) in [6.07, 6.45) is 7.24. The summed E-state index contributed by atoms with van der Waals surface area (Å²) in [5, 5.41) is 0. The molecule has 2 heterocycles. The summed E-state index contributed by atoms with van der Waals surface area (Å²) in [6.45, 7) is 9.37. The van der Waals surface area contributed by atoms with Crippen LogP contribution < -0.4 is 0 Å². The molecule has 3 nitrogen and oxygen atoms in total. The molecule has 2 bridgehead atoms. The predicted octanol–water partition coefficient (Wildman–Crippen LogP) is 1.73. The highest BCUT2D eigenvalue weighted by atomic mass is 16.5. The van der Waals surface area contributed by atoms with Crippen molar-refractivity contribution < 1.29 is 4.74 Å². The fraction of sp³-hybridized carbons (Fsp3) is 1.00. The van der Waals surface area contributed by atoms with Crippen LogP contribution in [0.15, 0.2) is 0 Å². The molecule has 0 aromatic rings. The molecule has 5 rings (SSSR count). The Balaban J connectivity index is 1.31. The Hall–Kier alpha value is -0.120. The number of hydrogen-bond donors (Lipinski definition) is 0. The van der Waals surface area contributed by atoms with E-state index in [0.29, 0.717) is 5.54 Å². The smallest absolute Gasteiger partial charge is 0.0594 e. The molecule has 3 aliphatic carbocycles. The summed E-state index contributed by atoms with van der Waals surface area (Å²) in [5.74, 6) is 0. The number of hydrogen-bond acceptors (Lipinski definition) is 3. The molecule has 0 aromatic carbocycles. The lowest BCUT2D eigenvalue weighted by Gasteiger charge is -2.74. The molecule has 0 radical (unpaired) electrons. The predicted molar refractivity (Wildman–Crippen MR) is 71.7 cm³/mol. The zero-order chi connectivity index (χ0) is 12.2. The van der Waals surface area contributed by atoms with Crippen LogP contribution in [-0.4, -0.2) is 60.8 Å². The van der Waals surface area contributed by atoms with E-state index in [0.717, 1.165) is 37.8 Å². The van der Waals surface area contributed by atoms with Gasteiger partial charge in [-0.3, -0.25) is 9.80 Å². The van der Waals surface area contributed by atoms with E-state index in [1.165, 1.54) is 45.2 Å². The minimum atomic E-state index is 0.671. The van der Waals surface area contributed by atoms with Crippen LogP contribution in [0.25, 0.3) is 0 Å². The Bertz CT molecular complexity index is 310. The van der Waals surface area contributed by atoms with E-state index >= 15 is 0 Å². The van der Waals surface area contributed by atoms with Crippen molar-refractivity contribution in [3.05, 3.63) is 0 Å². The van der Waals surface area contributed by atoms with Gasteiger partial charge in [0.1, 0.15) is 0 Å². The number of likely N-dealkylation sites (tertiary alicyclic amines) is 1. The van der Waals surface area contributed by atoms with Gasteiger partial charge in [0.25, 0.3) is 0 Å². The number of rotatable bonds is 2. The second kappa shape index (κ2) is 3.94. The van der Waals surface area contributed by atoms with Gasteiger partial charge in [-0.2, -0.15) is 0 Å². The van der Waals surface area contributed by atoms with Crippen LogP contribution in [0.1, 0.15) is 39.0 Å². The second-order valence-electron chi connectivity index (χ2n) is 7.43. The maximum Gasteiger partial charge on any atom is 0.0594 e. The number of nitrogens with zero attached hydrogens (tertiary/aromatic N) is 2. The third-order valence-electron chi connectivity index (χ3n) is 5.96.